The SMILES string of the molecule is CCCCCC(C)NC(=O)CCC(=O)c1ccc(C)c(C)c1. The van der Waals surface area contributed by atoms with Crippen molar-refractivity contribution in [1.82, 2.24) is 5.32 Å². The van der Waals surface area contributed by atoms with E-state index in [0.717, 1.165) is 18.4 Å². The predicted octanol–water partition coefficient (Wildman–Crippen LogP) is 4.35. The zero-order chi connectivity index (χ0) is 16.5. The number of carbonyl (C=O) groups excluding carboxylic acids is 2. The molecule has 0 aliphatic heterocycles. The maximum Gasteiger partial charge on any atom is 0.220 e. The highest BCUT2D eigenvalue weighted by Crippen LogP contribution is 2.12. The van der Waals surface area contributed by atoms with Gasteiger partial charge in [-0.05, 0) is 44.4 Å². The fraction of sp³-hybridized carbons (Fsp3) is 0.579. The predicted molar refractivity (Wildman–Crippen MR) is 91.2 cm³/mol. The van der Waals surface area contributed by atoms with Crippen molar-refractivity contribution in [3.63, 3.8) is 0 Å². The second kappa shape index (κ2) is 9.39. The number of amides is 1. The Kier molecular flexibility index (Phi) is 7.86. The minimum absolute atomic E-state index is 0.0267. The van der Waals surface area contributed by atoms with Crippen molar-refractivity contribution in [3.8, 4) is 0 Å². The van der Waals surface area contributed by atoms with Crippen LogP contribution in [0.1, 0.15) is 73.9 Å². The van der Waals surface area contributed by atoms with Crippen LogP contribution >= 0.6 is 0 Å². The van der Waals surface area contributed by atoms with Crippen LogP contribution < -0.4 is 5.32 Å². The lowest BCUT2D eigenvalue weighted by Gasteiger charge is -2.13. The van der Waals surface area contributed by atoms with Gasteiger partial charge in [0.25, 0.3) is 0 Å². The van der Waals surface area contributed by atoms with E-state index in [4.69, 9.17) is 0 Å². The van der Waals surface area contributed by atoms with Gasteiger partial charge in [0.2, 0.25) is 5.91 Å². The number of hydrogen-bond donors (Lipinski definition) is 1. The summed E-state index contributed by atoms with van der Waals surface area (Å²) in [5.41, 5.74) is 2.99. The van der Waals surface area contributed by atoms with E-state index in [1.165, 1.54) is 18.4 Å². The molecule has 1 N–H and O–H groups in total. The van der Waals surface area contributed by atoms with Crippen molar-refractivity contribution < 1.29 is 9.59 Å². The molecule has 0 heterocycles. The molecule has 3 heteroatoms. The van der Waals surface area contributed by atoms with E-state index in [2.05, 4.69) is 12.2 Å². The second-order valence-electron chi connectivity index (χ2n) is 6.19. The quantitative estimate of drug-likeness (QED) is 0.544. The molecule has 1 amide bonds. The van der Waals surface area contributed by atoms with Crippen LogP contribution in [0, 0.1) is 13.8 Å². The van der Waals surface area contributed by atoms with Gasteiger partial charge in [-0.15, -0.1) is 0 Å². The molecule has 0 aliphatic carbocycles. The molecule has 1 aromatic rings. The Morgan fingerprint density at radius 2 is 1.82 bits per heavy atom. The summed E-state index contributed by atoms with van der Waals surface area (Å²) in [6.07, 6.45) is 5.07. The molecule has 1 aromatic carbocycles. The number of benzene rings is 1. The van der Waals surface area contributed by atoms with Crippen LogP contribution in [0.25, 0.3) is 0 Å². The molecule has 0 fully saturated rings. The third kappa shape index (κ3) is 6.42. The smallest absolute Gasteiger partial charge is 0.220 e. The van der Waals surface area contributed by atoms with E-state index >= 15 is 0 Å². The summed E-state index contributed by atoms with van der Waals surface area (Å²) in [6.45, 7) is 8.22. The van der Waals surface area contributed by atoms with Crippen molar-refractivity contribution in [3.05, 3.63) is 34.9 Å². The summed E-state index contributed by atoms with van der Waals surface area (Å²) in [5, 5.41) is 2.97. The highest BCUT2D eigenvalue weighted by Gasteiger charge is 2.12. The van der Waals surface area contributed by atoms with E-state index in [1.54, 1.807) is 0 Å². The number of nitrogens with one attached hydrogen (secondary N) is 1. The topological polar surface area (TPSA) is 46.2 Å². The number of unbranched alkanes of at least 4 members (excludes halogenated alkanes) is 2. The minimum atomic E-state index is -0.0267. The second-order valence-corrected chi connectivity index (χ2v) is 6.19. The van der Waals surface area contributed by atoms with Crippen LogP contribution in [0.5, 0.6) is 0 Å². The number of rotatable bonds is 9. The lowest BCUT2D eigenvalue weighted by Crippen LogP contribution is -2.32. The summed E-state index contributed by atoms with van der Waals surface area (Å²) in [4.78, 5) is 24.0. The van der Waals surface area contributed by atoms with Gasteiger partial charge in [-0.25, -0.2) is 0 Å². The molecular formula is C19H29NO2. The molecule has 0 aliphatic rings. The molecule has 0 radical (unpaired) electrons. The zero-order valence-corrected chi connectivity index (χ0v) is 14.4. The molecule has 22 heavy (non-hydrogen) atoms. The Labute approximate surface area is 134 Å². The summed E-state index contributed by atoms with van der Waals surface area (Å²) in [6, 6.07) is 5.90. The lowest BCUT2D eigenvalue weighted by molar-refractivity contribution is -0.121. The first-order chi connectivity index (χ1) is 10.4. The average Bonchev–Trinajstić information content (AvgIpc) is 2.48. The van der Waals surface area contributed by atoms with Gasteiger partial charge in [0.05, 0.1) is 0 Å². The largest absolute Gasteiger partial charge is 0.354 e. The van der Waals surface area contributed by atoms with Crippen LogP contribution in [-0.2, 0) is 4.79 Å². The molecule has 0 saturated heterocycles. The zero-order valence-electron chi connectivity index (χ0n) is 14.4. The van der Waals surface area contributed by atoms with E-state index in [9.17, 15) is 9.59 Å². The Morgan fingerprint density at radius 3 is 2.45 bits per heavy atom. The standard InChI is InChI=1S/C19H29NO2/c1-5-6-7-8-16(4)20-19(22)12-11-18(21)17-10-9-14(2)15(3)13-17/h9-10,13,16H,5-8,11-12H2,1-4H3,(H,20,22). The third-order valence-corrected chi connectivity index (χ3v) is 4.06. The van der Waals surface area contributed by atoms with Gasteiger partial charge in [0.1, 0.15) is 0 Å². The van der Waals surface area contributed by atoms with Gasteiger partial charge in [-0.1, -0.05) is 38.3 Å². The van der Waals surface area contributed by atoms with Gasteiger partial charge in [-0.3, -0.25) is 9.59 Å². The van der Waals surface area contributed by atoms with Crippen LogP contribution in [0.4, 0.5) is 0 Å². The molecule has 0 bridgehead atoms. The minimum Gasteiger partial charge on any atom is -0.354 e. The molecule has 0 spiro atoms. The highest BCUT2D eigenvalue weighted by atomic mass is 16.2. The van der Waals surface area contributed by atoms with Gasteiger partial charge in [0.15, 0.2) is 5.78 Å². The number of hydrogen-bond acceptors (Lipinski definition) is 2. The fourth-order valence-corrected chi connectivity index (χ4v) is 2.41. The Bertz CT molecular complexity index is 508. The average molecular weight is 303 g/mol. The molecule has 122 valence electrons. The Hall–Kier alpha value is -1.64. The van der Waals surface area contributed by atoms with Crippen molar-refractivity contribution in [2.75, 3.05) is 0 Å². The van der Waals surface area contributed by atoms with Gasteiger partial charge in [-0.2, -0.15) is 0 Å². The summed E-state index contributed by atoms with van der Waals surface area (Å²) in [5.74, 6) is 0.0121. The first kappa shape index (κ1) is 18.4. The van der Waals surface area contributed by atoms with Crippen molar-refractivity contribution >= 4 is 11.7 Å². The van der Waals surface area contributed by atoms with E-state index in [0.29, 0.717) is 5.56 Å². The van der Waals surface area contributed by atoms with Gasteiger partial charge in [0, 0.05) is 24.4 Å². The summed E-state index contributed by atoms with van der Waals surface area (Å²) >= 11 is 0. The Morgan fingerprint density at radius 1 is 1.09 bits per heavy atom. The number of aryl methyl sites for hydroxylation is 2. The highest BCUT2D eigenvalue weighted by molar-refractivity contribution is 5.98. The summed E-state index contributed by atoms with van der Waals surface area (Å²) < 4.78 is 0. The molecule has 0 saturated carbocycles. The first-order valence-electron chi connectivity index (χ1n) is 8.33. The van der Waals surface area contributed by atoms with Crippen LogP contribution in [0.3, 0.4) is 0 Å². The Balaban J connectivity index is 2.36. The molecule has 0 aromatic heterocycles. The maximum atomic E-state index is 12.1. The fourth-order valence-electron chi connectivity index (χ4n) is 2.41. The number of carbonyl (C=O) groups is 2. The van der Waals surface area contributed by atoms with Crippen LogP contribution in [-0.4, -0.2) is 17.7 Å². The molecule has 1 atom stereocenters. The van der Waals surface area contributed by atoms with Crippen LogP contribution in [0.2, 0.25) is 0 Å². The van der Waals surface area contributed by atoms with Crippen LogP contribution in [0.15, 0.2) is 18.2 Å². The molecular weight excluding hydrogens is 274 g/mol. The molecule has 3 nitrogen and oxygen atoms in total. The van der Waals surface area contributed by atoms with Crippen molar-refractivity contribution in [2.45, 2.75) is 72.3 Å². The van der Waals surface area contributed by atoms with E-state index < -0.39 is 0 Å². The van der Waals surface area contributed by atoms with E-state index in [1.807, 2.05) is 39.0 Å². The number of ketones is 1. The monoisotopic (exact) mass is 303 g/mol. The maximum absolute atomic E-state index is 12.1. The van der Waals surface area contributed by atoms with Gasteiger partial charge >= 0.3 is 0 Å². The summed E-state index contributed by atoms with van der Waals surface area (Å²) in [7, 11) is 0. The third-order valence-electron chi connectivity index (χ3n) is 4.06. The van der Waals surface area contributed by atoms with Crippen molar-refractivity contribution in [1.29, 1.82) is 0 Å². The number of Topliss-reactive ketones (excluding diaryl/α,β-unsaturated/α-hetero) is 1. The lowest BCUT2D eigenvalue weighted by atomic mass is 10.0. The van der Waals surface area contributed by atoms with Crippen molar-refractivity contribution in [2.24, 2.45) is 0 Å². The first-order valence-corrected chi connectivity index (χ1v) is 8.33. The van der Waals surface area contributed by atoms with E-state index in [-0.39, 0.29) is 30.6 Å². The van der Waals surface area contributed by atoms with Gasteiger partial charge < -0.3 is 5.32 Å². The molecule has 1 unspecified atom stereocenters. The normalized spacial score (nSPS) is 12.0. The molecule has 1 rings (SSSR count).